The van der Waals surface area contributed by atoms with Gasteiger partial charge in [0.1, 0.15) is 6.61 Å². The molecule has 0 bridgehead atoms. The molecule has 2 aromatic carbocycles. The first kappa shape index (κ1) is 17.0. The van der Waals surface area contributed by atoms with Gasteiger partial charge in [-0.25, -0.2) is 13.2 Å². The van der Waals surface area contributed by atoms with E-state index in [0.717, 1.165) is 6.26 Å². The normalized spacial score (nSPS) is 14.9. The van der Waals surface area contributed by atoms with E-state index in [2.05, 4.69) is 0 Å². The molecule has 0 amide bonds. The van der Waals surface area contributed by atoms with Crippen molar-refractivity contribution in [1.29, 1.82) is 0 Å². The summed E-state index contributed by atoms with van der Waals surface area (Å²) < 4.78 is 28.3. The fraction of sp³-hybridized carbons (Fsp3) is 0.118. The summed E-state index contributed by atoms with van der Waals surface area (Å²) in [7, 11) is -3.29. The van der Waals surface area contributed by atoms with E-state index in [0.29, 0.717) is 32.3 Å². The Morgan fingerprint density at radius 3 is 2.12 bits per heavy atom. The molecule has 1 heterocycles. The lowest BCUT2D eigenvalue weighted by molar-refractivity contribution is -0.133. The van der Waals surface area contributed by atoms with Gasteiger partial charge in [-0.2, -0.15) is 0 Å². The van der Waals surface area contributed by atoms with Gasteiger partial charge in [0.2, 0.25) is 0 Å². The van der Waals surface area contributed by atoms with Gasteiger partial charge in [-0.3, -0.25) is 0 Å². The van der Waals surface area contributed by atoms with Crippen molar-refractivity contribution in [3.63, 3.8) is 0 Å². The van der Waals surface area contributed by atoms with Crippen molar-refractivity contribution in [1.82, 2.24) is 0 Å². The molecule has 0 radical (unpaired) electrons. The van der Waals surface area contributed by atoms with E-state index in [9.17, 15) is 13.2 Å². The maximum atomic E-state index is 12.2. The van der Waals surface area contributed by atoms with Gasteiger partial charge in [-0.05, 0) is 29.8 Å². The molecular weight excluding hydrogens is 371 g/mol. The number of rotatable bonds is 3. The van der Waals surface area contributed by atoms with Crippen molar-refractivity contribution in [3.8, 4) is 0 Å². The third-order valence-corrected chi connectivity index (χ3v) is 5.46. The van der Waals surface area contributed by atoms with Gasteiger partial charge in [-0.15, -0.1) is 0 Å². The largest absolute Gasteiger partial charge is 0.457 e. The van der Waals surface area contributed by atoms with Crippen LogP contribution >= 0.6 is 23.2 Å². The van der Waals surface area contributed by atoms with Crippen LogP contribution in [0.25, 0.3) is 11.1 Å². The fourth-order valence-corrected chi connectivity index (χ4v) is 3.74. The van der Waals surface area contributed by atoms with Crippen molar-refractivity contribution >= 4 is 50.2 Å². The molecule has 1 aliphatic rings. The van der Waals surface area contributed by atoms with Crippen LogP contribution in [0.4, 0.5) is 0 Å². The van der Waals surface area contributed by atoms with Gasteiger partial charge in [0.15, 0.2) is 9.84 Å². The van der Waals surface area contributed by atoms with E-state index < -0.39 is 15.8 Å². The molecule has 0 spiro atoms. The number of hydrogen-bond donors (Lipinski definition) is 0. The lowest BCUT2D eigenvalue weighted by Gasteiger charge is -2.09. The SMILES string of the molecule is CS(=O)(=O)c1ccc(C2=C(c3c(Cl)cccc3Cl)C(=O)OC2)cc1. The summed E-state index contributed by atoms with van der Waals surface area (Å²) in [6.45, 7) is 0.0773. The second kappa shape index (κ2) is 6.24. The number of sulfone groups is 1. The van der Waals surface area contributed by atoms with E-state index in [1.54, 1.807) is 30.3 Å². The van der Waals surface area contributed by atoms with Crippen molar-refractivity contribution in [2.75, 3.05) is 12.9 Å². The predicted molar refractivity (Wildman–Crippen MR) is 93.8 cm³/mol. The minimum absolute atomic E-state index is 0.0773. The van der Waals surface area contributed by atoms with Crippen LogP contribution in [0.15, 0.2) is 47.4 Å². The van der Waals surface area contributed by atoms with Crippen LogP contribution < -0.4 is 0 Å². The van der Waals surface area contributed by atoms with Gasteiger partial charge in [0, 0.05) is 17.4 Å². The number of cyclic esters (lactones) is 1. The molecule has 7 heteroatoms. The molecule has 0 atom stereocenters. The van der Waals surface area contributed by atoms with Crippen LogP contribution in [0.1, 0.15) is 11.1 Å². The van der Waals surface area contributed by atoms with Gasteiger partial charge >= 0.3 is 5.97 Å². The Labute approximate surface area is 149 Å². The highest BCUT2D eigenvalue weighted by Crippen LogP contribution is 2.39. The van der Waals surface area contributed by atoms with Crippen LogP contribution in [0.5, 0.6) is 0 Å². The minimum Gasteiger partial charge on any atom is -0.457 e. The number of halogens is 2. The van der Waals surface area contributed by atoms with E-state index in [1.807, 2.05) is 0 Å². The highest BCUT2D eigenvalue weighted by atomic mass is 35.5. The molecule has 124 valence electrons. The van der Waals surface area contributed by atoms with Crippen LogP contribution in [0.3, 0.4) is 0 Å². The highest BCUT2D eigenvalue weighted by molar-refractivity contribution is 7.90. The third-order valence-electron chi connectivity index (χ3n) is 3.70. The molecule has 0 aromatic heterocycles. The summed E-state index contributed by atoms with van der Waals surface area (Å²) >= 11 is 12.4. The average molecular weight is 383 g/mol. The number of ether oxygens (including phenoxy) is 1. The standard InChI is InChI=1S/C17H12Cl2O4S/c1-24(21,22)11-7-5-10(6-8-11)12-9-23-17(20)15(12)16-13(18)3-2-4-14(16)19/h2-8H,9H2,1H3. The molecule has 1 aliphatic heterocycles. The molecule has 0 fully saturated rings. The van der Waals surface area contributed by atoms with Crippen LogP contribution in [-0.4, -0.2) is 27.2 Å². The molecule has 2 aromatic rings. The van der Waals surface area contributed by atoms with Crippen LogP contribution in [0, 0.1) is 0 Å². The van der Waals surface area contributed by atoms with E-state index in [4.69, 9.17) is 27.9 Å². The van der Waals surface area contributed by atoms with Gasteiger partial charge in [0.25, 0.3) is 0 Å². The summed E-state index contributed by atoms with van der Waals surface area (Å²) in [5, 5.41) is 0.697. The molecule has 24 heavy (non-hydrogen) atoms. The molecule has 3 rings (SSSR count). The van der Waals surface area contributed by atoms with E-state index >= 15 is 0 Å². The summed E-state index contributed by atoms with van der Waals surface area (Å²) in [4.78, 5) is 12.4. The van der Waals surface area contributed by atoms with Gasteiger partial charge in [-0.1, -0.05) is 41.4 Å². The van der Waals surface area contributed by atoms with Gasteiger partial charge < -0.3 is 4.74 Å². The predicted octanol–water partition coefficient (Wildman–Crippen LogP) is 3.86. The second-order valence-corrected chi connectivity index (χ2v) is 8.15. The molecule has 0 saturated heterocycles. The Kier molecular flexibility index (Phi) is 4.42. The van der Waals surface area contributed by atoms with Crippen molar-refractivity contribution in [2.45, 2.75) is 4.90 Å². The minimum atomic E-state index is -3.29. The maximum absolute atomic E-state index is 12.2. The molecule has 0 aliphatic carbocycles. The summed E-state index contributed by atoms with van der Waals surface area (Å²) in [6, 6.07) is 11.2. The first-order chi connectivity index (χ1) is 11.3. The lowest BCUT2D eigenvalue weighted by Crippen LogP contribution is -2.00. The van der Waals surface area contributed by atoms with E-state index in [1.165, 1.54) is 12.1 Å². The summed E-state index contributed by atoms with van der Waals surface area (Å²) in [5.74, 6) is -0.507. The smallest absolute Gasteiger partial charge is 0.339 e. The Bertz CT molecular complexity index is 940. The fourth-order valence-electron chi connectivity index (χ4n) is 2.53. The molecule has 4 nitrogen and oxygen atoms in total. The topological polar surface area (TPSA) is 60.4 Å². The Morgan fingerprint density at radius 1 is 1.00 bits per heavy atom. The number of hydrogen-bond acceptors (Lipinski definition) is 4. The second-order valence-electron chi connectivity index (χ2n) is 5.32. The number of benzene rings is 2. The summed E-state index contributed by atoms with van der Waals surface area (Å²) in [5.41, 5.74) is 2.03. The Morgan fingerprint density at radius 2 is 1.58 bits per heavy atom. The first-order valence-electron chi connectivity index (χ1n) is 6.94. The Hall–Kier alpha value is -1.82. The number of carbonyl (C=O) groups excluding carboxylic acids is 1. The quantitative estimate of drug-likeness (QED) is 0.756. The first-order valence-corrected chi connectivity index (χ1v) is 9.59. The maximum Gasteiger partial charge on any atom is 0.339 e. The van der Waals surface area contributed by atoms with Crippen molar-refractivity contribution in [2.24, 2.45) is 0 Å². The summed E-state index contributed by atoms with van der Waals surface area (Å²) in [6.07, 6.45) is 1.14. The Balaban J connectivity index is 2.17. The van der Waals surface area contributed by atoms with Crippen LogP contribution in [-0.2, 0) is 19.4 Å². The molecule has 0 saturated carbocycles. The monoisotopic (exact) mass is 382 g/mol. The lowest BCUT2D eigenvalue weighted by atomic mass is 9.96. The zero-order chi connectivity index (χ0) is 17.5. The number of carbonyl (C=O) groups is 1. The highest BCUT2D eigenvalue weighted by Gasteiger charge is 2.30. The van der Waals surface area contributed by atoms with Crippen molar-refractivity contribution in [3.05, 3.63) is 63.6 Å². The zero-order valence-electron chi connectivity index (χ0n) is 12.5. The van der Waals surface area contributed by atoms with Crippen molar-refractivity contribution < 1.29 is 17.9 Å². The molecule has 0 unspecified atom stereocenters. The van der Waals surface area contributed by atoms with Gasteiger partial charge in [0.05, 0.1) is 20.5 Å². The zero-order valence-corrected chi connectivity index (χ0v) is 14.9. The third kappa shape index (κ3) is 3.07. The van der Waals surface area contributed by atoms with E-state index in [-0.39, 0.29) is 11.5 Å². The van der Waals surface area contributed by atoms with Crippen LogP contribution in [0.2, 0.25) is 10.0 Å². The molecule has 0 N–H and O–H groups in total. The molecular formula is C17H12Cl2O4S. The average Bonchev–Trinajstić information content (AvgIpc) is 2.88. The number of esters is 1.